The number of amides is 1. The molecule has 1 aromatic rings. The molecule has 0 aromatic heterocycles. The van der Waals surface area contributed by atoms with Crippen molar-refractivity contribution in [1.82, 2.24) is 5.32 Å². The molecule has 1 atom stereocenters. The molecule has 0 spiro atoms. The van der Waals surface area contributed by atoms with E-state index in [1.807, 2.05) is 25.1 Å². The maximum atomic E-state index is 11.0. The fourth-order valence-electron chi connectivity index (χ4n) is 3.48. The molecule has 2 saturated carbocycles. The van der Waals surface area contributed by atoms with Crippen LogP contribution in [0.3, 0.4) is 0 Å². The van der Waals surface area contributed by atoms with Crippen LogP contribution in [0.1, 0.15) is 57.9 Å². The summed E-state index contributed by atoms with van der Waals surface area (Å²) in [5.41, 5.74) is 1.00. The van der Waals surface area contributed by atoms with Crippen LogP contribution in [0, 0.1) is 5.92 Å². The van der Waals surface area contributed by atoms with Crippen LogP contribution in [0.2, 0.25) is 5.02 Å². The number of hydrogen-bond donors (Lipinski definition) is 1. The fourth-order valence-corrected chi connectivity index (χ4v) is 3.70. The van der Waals surface area contributed by atoms with Gasteiger partial charge in [-0.05, 0) is 69.1 Å². The maximum Gasteiger partial charge on any atom is 0.217 e. The van der Waals surface area contributed by atoms with E-state index in [0.29, 0.717) is 18.2 Å². The minimum atomic E-state index is -0.0191. The molecule has 0 saturated heterocycles. The van der Waals surface area contributed by atoms with Crippen molar-refractivity contribution in [2.24, 2.45) is 5.92 Å². The van der Waals surface area contributed by atoms with Gasteiger partial charge in [-0.3, -0.25) is 4.79 Å². The van der Waals surface area contributed by atoms with E-state index in [-0.39, 0.29) is 24.2 Å². The van der Waals surface area contributed by atoms with Gasteiger partial charge in [-0.25, -0.2) is 0 Å². The van der Waals surface area contributed by atoms with E-state index in [0.717, 1.165) is 49.5 Å². The molecular formula is C22H32ClNO4. The van der Waals surface area contributed by atoms with Gasteiger partial charge in [-0.15, -0.1) is 0 Å². The van der Waals surface area contributed by atoms with Gasteiger partial charge in [0.2, 0.25) is 5.91 Å². The third-order valence-electron chi connectivity index (χ3n) is 5.33. The number of halogens is 1. The lowest BCUT2D eigenvalue weighted by Crippen LogP contribution is -2.36. The molecule has 5 nitrogen and oxygen atoms in total. The lowest BCUT2D eigenvalue weighted by molar-refractivity contribution is -0.120. The first-order valence-electron chi connectivity index (χ1n) is 10.4. The Morgan fingerprint density at radius 2 is 1.82 bits per heavy atom. The van der Waals surface area contributed by atoms with Crippen molar-refractivity contribution in [3.05, 3.63) is 28.8 Å². The average molecular weight is 410 g/mol. The van der Waals surface area contributed by atoms with Crippen LogP contribution in [-0.4, -0.2) is 37.4 Å². The lowest BCUT2D eigenvalue weighted by atomic mass is 9.95. The van der Waals surface area contributed by atoms with Gasteiger partial charge in [0, 0.05) is 18.0 Å². The van der Waals surface area contributed by atoms with Gasteiger partial charge in [-0.1, -0.05) is 17.7 Å². The van der Waals surface area contributed by atoms with Gasteiger partial charge in [-0.2, -0.15) is 0 Å². The number of hydrogen-bond acceptors (Lipinski definition) is 4. The first-order valence-corrected chi connectivity index (χ1v) is 10.8. The molecule has 1 amide bonds. The molecule has 1 aromatic carbocycles. The highest BCUT2D eigenvalue weighted by Crippen LogP contribution is 2.31. The zero-order valence-corrected chi connectivity index (χ0v) is 17.7. The summed E-state index contributed by atoms with van der Waals surface area (Å²) in [6.07, 6.45) is 7.00. The molecule has 2 fully saturated rings. The van der Waals surface area contributed by atoms with Gasteiger partial charge in [0.05, 0.1) is 32.0 Å². The van der Waals surface area contributed by atoms with Gasteiger partial charge in [0.25, 0.3) is 0 Å². The standard InChI is InChI=1S/C22H32ClNO4/c1-15(24-16(2)25)12-26-19-7-9-20(10-8-19)28-14-18-5-6-21(11-22(18)23)27-13-17-3-4-17/h5-6,11,15,17,19-20H,3-4,7-10,12-14H2,1-2H3,(H,24,25). The number of nitrogens with one attached hydrogen (secondary N) is 1. The molecule has 0 radical (unpaired) electrons. The number of carbonyl (C=O) groups is 1. The Morgan fingerprint density at radius 3 is 2.43 bits per heavy atom. The van der Waals surface area contributed by atoms with E-state index in [4.69, 9.17) is 25.8 Å². The highest BCUT2D eigenvalue weighted by atomic mass is 35.5. The summed E-state index contributed by atoms with van der Waals surface area (Å²) in [7, 11) is 0. The summed E-state index contributed by atoms with van der Waals surface area (Å²) in [6, 6.07) is 5.92. The zero-order valence-electron chi connectivity index (χ0n) is 16.9. The van der Waals surface area contributed by atoms with Gasteiger partial charge in [0.15, 0.2) is 0 Å². The molecular weight excluding hydrogens is 378 g/mol. The van der Waals surface area contributed by atoms with Crippen LogP contribution in [0.5, 0.6) is 5.75 Å². The van der Waals surface area contributed by atoms with Crippen molar-refractivity contribution in [2.45, 2.75) is 77.2 Å². The van der Waals surface area contributed by atoms with Crippen molar-refractivity contribution < 1.29 is 19.0 Å². The monoisotopic (exact) mass is 409 g/mol. The highest BCUT2D eigenvalue weighted by Gasteiger charge is 2.23. The molecule has 0 aliphatic heterocycles. The van der Waals surface area contributed by atoms with Gasteiger partial charge >= 0.3 is 0 Å². The number of ether oxygens (including phenoxy) is 3. The first-order chi connectivity index (χ1) is 13.5. The lowest BCUT2D eigenvalue weighted by Gasteiger charge is -2.29. The van der Waals surface area contributed by atoms with Crippen LogP contribution in [0.4, 0.5) is 0 Å². The van der Waals surface area contributed by atoms with Crippen LogP contribution >= 0.6 is 11.6 Å². The second-order valence-electron chi connectivity index (χ2n) is 8.15. The Hall–Kier alpha value is -1.30. The van der Waals surface area contributed by atoms with Gasteiger partial charge in [0.1, 0.15) is 5.75 Å². The van der Waals surface area contributed by atoms with E-state index in [9.17, 15) is 4.79 Å². The highest BCUT2D eigenvalue weighted by molar-refractivity contribution is 6.31. The number of carbonyl (C=O) groups excluding carboxylic acids is 1. The largest absolute Gasteiger partial charge is 0.493 e. The average Bonchev–Trinajstić information content (AvgIpc) is 3.49. The molecule has 3 rings (SSSR count). The van der Waals surface area contributed by atoms with Crippen LogP contribution in [0.15, 0.2) is 18.2 Å². The van der Waals surface area contributed by atoms with Crippen molar-refractivity contribution in [3.8, 4) is 5.75 Å². The molecule has 2 aliphatic rings. The van der Waals surface area contributed by atoms with Crippen molar-refractivity contribution >= 4 is 17.5 Å². The Morgan fingerprint density at radius 1 is 1.14 bits per heavy atom. The Kier molecular flexibility index (Phi) is 8.00. The minimum Gasteiger partial charge on any atom is -0.493 e. The Labute approximate surface area is 173 Å². The third-order valence-corrected chi connectivity index (χ3v) is 5.69. The van der Waals surface area contributed by atoms with Crippen LogP contribution in [0.25, 0.3) is 0 Å². The molecule has 0 heterocycles. The summed E-state index contributed by atoms with van der Waals surface area (Å²) >= 11 is 6.40. The van der Waals surface area contributed by atoms with Crippen molar-refractivity contribution in [1.29, 1.82) is 0 Å². The van der Waals surface area contributed by atoms with E-state index < -0.39 is 0 Å². The smallest absolute Gasteiger partial charge is 0.217 e. The summed E-state index contributed by atoms with van der Waals surface area (Å²) in [6.45, 7) is 5.36. The first kappa shape index (κ1) is 21.4. The Balaban J connectivity index is 1.34. The molecule has 0 bridgehead atoms. The normalized spacial score (nSPS) is 23.2. The maximum absolute atomic E-state index is 11.0. The van der Waals surface area contributed by atoms with E-state index in [2.05, 4.69) is 5.32 Å². The van der Waals surface area contributed by atoms with Crippen LogP contribution in [-0.2, 0) is 20.9 Å². The molecule has 6 heteroatoms. The van der Waals surface area contributed by atoms with Gasteiger partial charge < -0.3 is 19.5 Å². The molecule has 28 heavy (non-hydrogen) atoms. The molecule has 2 aliphatic carbocycles. The van der Waals surface area contributed by atoms with E-state index in [1.54, 1.807) is 0 Å². The SMILES string of the molecule is CC(=O)NC(C)COC1CCC(OCc2ccc(OCC3CC3)cc2Cl)CC1. The third kappa shape index (κ3) is 7.26. The minimum absolute atomic E-state index is 0.0191. The number of rotatable bonds is 10. The van der Waals surface area contributed by atoms with Crippen LogP contribution < -0.4 is 10.1 Å². The second-order valence-corrected chi connectivity index (χ2v) is 8.56. The van der Waals surface area contributed by atoms with Crippen molar-refractivity contribution in [3.63, 3.8) is 0 Å². The summed E-state index contributed by atoms with van der Waals surface area (Å²) in [5, 5.41) is 3.55. The Bertz CT molecular complexity index is 641. The summed E-state index contributed by atoms with van der Waals surface area (Å²) < 4.78 is 17.8. The summed E-state index contributed by atoms with van der Waals surface area (Å²) in [4.78, 5) is 11.0. The van der Waals surface area contributed by atoms with E-state index in [1.165, 1.54) is 19.8 Å². The predicted molar refractivity (Wildman–Crippen MR) is 110 cm³/mol. The molecule has 1 unspecified atom stereocenters. The fraction of sp³-hybridized carbons (Fsp3) is 0.682. The predicted octanol–water partition coefficient (Wildman–Crippen LogP) is 4.50. The van der Waals surface area contributed by atoms with Crippen molar-refractivity contribution in [2.75, 3.05) is 13.2 Å². The summed E-state index contributed by atoms with van der Waals surface area (Å²) in [5.74, 6) is 1.55. The number of benzene rings is 1. The van der Waals surface area contributed by atoms with E-state index >= 15 is 0 Å². The quantitative estimate of drug-likeness (QED) is 0.618. The molecule has 1 N–H and O–H groups in total. The topological polar surface area (TPSA) is 56.8 Å². The second kappa shape index (κ2) is 10.5. The zero-order chi connectivity index (χ0) is 19.9. The molecule has 156 valence electrons.